The normalized spacial score (nSPS) is 10.9. The molecule has 0 saturated carbocycles. The van der Waals surface area contributed by atoms with Crippen LogP contribution in [-0.4, -0.2) is 37.6 Å². The molecule has 0 rings (SSSR count). The van der Waals surface area contributed by atoms with E-state index in [1.165, 1.54) is 7.11 Å². The summed E-state index contributed by atoms with van der Waals surface area (Å²) in [6, 6.07) is 0. The summed E-state index contributed by atoms with van der Waals surface area (Å²) in [5.74, 6) is -0.667. The van der Waals surface area contributed by atoms with Gasteiger partial charge in [0.1, 0.15) is 6.54 Å². The molecule has 0 spiro atoms. The molecule has 0 aromatic carbocycles. The van der Waals surface area contributed by atoms with Crippen molar-refractivity contribution < 1.29 is 14.3 Å². The second-order valence-corrected chi connectivity index (χ2v) is 3.96. The lowest BCUT2D eigenvalue weighted by Crippen LogP contribution is -2.44. The number of hydrogen-bond acceptors (Lipinski definition) is 4. The predicted octanol–water partition coefficient (Wildman–Crippen LogP) is -0.336. The highest BCUT2D eigenvalue weighted by molar-refractivity contribution is 5.83. The molecule has 0 radical (unpaired) electrons. The van der Waals surface area contributed by atoms with Gasteiger partial charge in [0.25, 0.3) is 0 Å². The van der Waals surface area contributed by atoms with Gasteiger partial charge >= 0.3 is 5.97 Å². The summed E-state index contributed by atoms with van der Waals surface area (Å²) in [5.41, 5.74) is -0.109. The van der Waals surface area contributed by atoms with E-state index in [0.717, 1.165) is 0 Å². The summed E-state index contributed by atoms with van der Waals surface area (Å²) in [6.45, 7) is 5.99. The van der Waals surface area contributed by atoms with Crippen molar-refractivity contribution in [1.82, 2.24) is 10.6 Å². The summed E-state index contributed by atoms with van der Waals surface area (Å²) in [4.78, 5) is 21.8. The van der Waals surface area contributed by atoms with E-state index in [1.807, 2.05) is 20.8 Å². The first-order valence-electron chi connectivity index (χ1n) is 4.43. The molecule has 0 bridgehead atoms. The number of rotatable bonds is 4. The minimum atomic E-state index is -0.450. The Balaban J connectivity index is 3.62. The monoisotopic (exact) mass is 202 g/mol. The number of carbonyl (C=O) groups is 2. The zero-order valence-corrected chi connectivity index (χ0v) is 9.14. The number of methoxy groups -OCH3 is 1. The van der Waals surface area contributed by atoms with E-state index in [1.54, 1.807) is 0 Å². The summed E-state index contributed by atoms with van der Waals surface area (Å²) in [7, 11) is 1.28. The molecule has 5 heteroatoms. The largest absolute Gasteiger partial charge is 0.468 e. The van der Waals surface area contributed by atoms with Crippen molar-refractivity contribution >= 4 is 11.9 Å². The lowest BCUT2D eigenvalue weighted by atomic mass is 10.1. The third kappa shape index (κ3) is 7.54. The molecule has 0 heterocycles. The molecule has 1 amide bonds. The Hall–Kier alpha value is -1.10. The Morgan fingerprint density at radius 1 is 1.21 bits per heavy atom. The van der Waals surface area contributed by atoms with Gasteiger partial charge in [0.15, 0.2) is 0 Å². The van der Waals surface area contributed by atoms with Crippen molar-refractivity contribution in [2.24, 2.45) is 0 Å². The number of esters is 1. The highest BCUT2D eigenvalue weighted by Crippen LogP contribution is 1.96. The van der Waals surface area contributed by atoms with Crippen LogP contribution in [-0.2, 0) is 14.3 Å². The van der Waals surface area contributed by atoms with Crippen molar-refractivity contribution in [3.63, 3.8) is 0 Å². The number of ether oxygens (including phenoxy) is 1. The fraction of sp³-hybridized carbons (Fsp3) is 0.778. The average molecular weight is 202 g/mol. The Morgan fingerprint density at radius 2 is 1.79 bits per heavy atom. The molecule has 2 N–H and O–H groups in total. The van der Waals surface area contributed by atoms with E-state index in [-0.39, 0.29) is 24.5 Å². The zero-order valence-electron chi connectivity index (χ0n) is 9.14. The van der Waals surface area contributed by atoms with Gasteiger partial charge in [0.2, 0.25) is 5.91 Å². The predicted molar refractivity (Wildman–Crippen MR) is 52.8 cm³/mol. The van der Waals surface area contributed by atoms with Crippen molar-refractivity contribution in [3.8, 4) is 0 Å². The van der Waals surface area contributed by atoms with E-state index in [2.05, 4.69) is 15.4 Å². The van der Waals surface area contributed by atoms with Crippen LogP contribution in [0.1, 0.15) is 20.8 Å². The van der Waals surface area contributed by atoms with Crippen LogP contribution < -0.4 is 10.6 Å². The first kappa shape index (κ1) is 12.9. The smallest absolute Gasteiger partial charge is 0.325 e. The molecule has 0 unspecified atom stereocenters. The van der Waals surface area contributed by atoms with Gasteiger partial charge in [-0.15, -0.1) is 0 Å². The number of nitrogens with one attached hydrogen (secondary N) is 2. The van der Waals surface area contributed by atoms with Crippen molar-refractivity contribution in [3.05, 3.63) is 0 Å². The molecule has 0 saturated heterocycles. The van der Waals surface area contributed by atoms with Gasteiger partial charge in [-0.25, -0.2) is 0 Å². The van der Waals surface area contributed by atoms with Gasteiger partial charge in [0.05, 0.1) is 13.7 Å². The maximum Gasteiger partial charge on any atom is 0.325 e. The van der Waals surface area contributed by atoms with Crippen LogP contribution in [0.2, 0.25) is 0 Å². The minimum absolute atomic E-state index is 0.0822. The van der Waals surface area contributed by atoms with E-state index in [4.69, 9.17) is 0 Å². The molecular formula is C9H18N2O3. The van der Waals surface area contributed by atoms with Crippen molar-refractivity contribution in [2.75, 3.05) is 20.2 Å². The Bertz CT molecular complexity index is 209. The molecule has 0 aromatic heterocycles. The quantitative estimate of drug-likeness (QED) is 0.612. The fourth-order valence-corrected chi connectivity index (χ4v) is 0.651. The SMILES string of the molecule is COC(=O)CNC(=O)CNC(C)(C)C. The maximum absolute atomic E-state index is 11.1. The van der Waals surface area contributed by atoms with Crippen LogP contribution >= 0.6 is 0 Å². The van der Waals surface area contributed by atoms with Gasteiger partial charge in [-0.2, -0.15) is 0 Å². The van der Waals surface area contributed by atoms with Crippen LogP contribution in [0.4, 0.5) is 0 Å². The van der Waals surface area contributed by atoms with Crippen LogP contribution in [0, 0.1) is 0 Å². The summed E-state index contributed by atoms with van der Waals surface area (Å²) < 4.78 is 4.37. The van der Waals surface area contributed by atoms with Crippen molar-refractivity contribution in [1.29, 1.82) is 0 Å². The van der Waals surface area contributed by atoms with Gasteiger partial charge in [-0.05, 0) is 20.8 Å². The molecule has 0 aromatic rings. The van der Waals surface area contributed by atoms with Crippen molar-refractivity contribution in [2.45, 2.75) is 26.3 Å². The van der Waals surface area contributed by atoms with Gasteiger partial charge in [-0.3, -0.25) is 9.59 Å². The molecule has 0 atom stereocenters. The summed E-state index contributed by atoms with van der Waals surface area (Å²) in [6.07, 6.45) is 0. The molecule has 0 aliphatic carbocycles. The van der Waals surface area contributed by atoms with Crippen LogP contribution in [0.5, 0.6) is 0 Å². The standard InChI is InChI=1S/C9H18N2O3/c1-9(2,3)11-5-7(12)10-6-8(13)14-4/h11H,5-6H2,1-4H3,(H,10,12). The van der Waals surface area contributed by atoms with Crippen LogP contribution in [0.25, 0.3) is 0 Å². The average Bonchev–Trinajstić information content (AvgIpc) is 2.09. The topological polar surface area (TPSA) is 67.4 Å². The molecule has 0 aliphatic heterocycles. The highest BCUT2D eigenvalue weighted by Gasteiger charge is 2.11. The first-order valence-corrected chi connectivity index (χ1v) is 4.43. The van der Waals surface area contributed by atoms with Gasteiger partial charge < -0.3 is 15.4 Å². The number of hydrogen-bond donors (Lipinski definition) is 2. The maximum atomic E-state index is 11.1. The summed E-state index contributed by atoms with van der Waals surface area (Å²) >= 11 is 0. The van der Waals surface area contributed by atoms with Crippen LogP contribution in [0.15, 0.2) is 0 Å². The Morgan fingerprint density at radius 3 is 2.21 bits per heavy atom. The second-order valence-electron chi connectivity index (χ2n) is 3.96. The number of carbonyl (C=O) groups excluding carboxylic acids is 2. The molecule has 14 heavy (non-hydrogen) atoms. The lowest BCUT2D eigenvalue weighted by molar-refractivity contribution is -0.141. The van der Waals surface area contributed by atoms with Gasteiger partial charge in [0, 0.05) is 5.54 Å². The lowest BCUT2D eigenvalue weighted by Gasteiger charge is -2.19. The van der Waals surface area contributed by atoms with E-state index in [9.17, 15) is 9.59 Å². The minimum Gasteiger partial charge on any atom is -0.468 e. The highest BCUT2D eigenvalue weighted by atomic mass is 16.5. The fourth-order valence-electron chi connectivity index (χ4n) is 0.651. The molecule has 0 aliphatic rings. The number of amides is 1. The molecule has 82 valence electrons. The molecule has 5 nitrogen and oxygen atoms in total. The molecule has 0 fully saturated rings. The third-order valence-corrected chi connectivity index (χ3v) is 1.44. The van der Waals surface area contributed by atoms with Gasteiger partial charge in [-0.1, -0.05) is 0 Å². The van der Waals surface area contributed by atoms with E-state index < -0.39 is 5.97 Å². The second kappa shape index (κ2) is 5.59. The summed E-state index contributed by atoms with van der Waals surface area (Å²) in [5, 5.41) is 5.43. The Kier molecular flexibility index (Phi) is 5.15. The van der Waals surface area contributed by atoms with E-state index in [0.29, 0.717) is 0 Å². The molecular weight excluding hydrogens is 184 g/mol. The third-order valence-electron chi connectivity index (χ3n) is 1.44. The zero-order chi connectivity index (χ0) is 11.2. The van der Waals surface area contributed by atoms with Crippen LogP contribution in [0.3, 0.4) is 0 Å². The first-order chi connectivity index (χ1) is 6.35. The Labute approximate surface area is 84.2 Å². The van der Waals surface area contributed by atoms with E-state index >= 15 is 0 Å².